The zero-order chi connectivity index (χ0) is 21.3. The third-order valence-electron chi connectivity index (χ3n) is 5.32. The van der Waals surface area contributed by atoms with Gasteiger partial charge in [0.25, 0.3) is 0 Å². The van der Waals surface area contributed by atoms with E-state index in [0.717, 1.165) is 34.6 Å². The van der Waals surface area contributed by atoms with Gasteiger partial charge in [-0.05, 0) is 38.0 Å². The Hall–Kier alpha value is -2.46. The smallest absolute Gasteiger partial charge is 0.317 e. The normalized spacial score (nSPS) is 15.3. The minimum Gasteiger partial charge on any atom is -0.352 e. The first-order valence-corrected chi connectivity index (χ1v) is 11.1. The van der Waals surface area contributed by atoms with Crippen LogP contribution in [0, 0.1) is 0 Å². The average molecular weight is 423 g/mol. The molecule has 0 aliphatic heterocycles. The van der Waals surface area contributed by atoms with E-state index in [0.29, 0.717) is 5.52 Å². The summed E-state index contributed by atoms with van der Waals surface area (Å²) in [4.78, 5) is 37.7. The number of fused-ring (bicyclic) bond motifs is 1. The topological polar surface area (TPSA) is 110 Å². The molecule has 3 rings (SSSR count). The molecule has 1 aromatic heterocycles. The van der Waals surface area contributed by atoms with Crippen molar-refractivity contribution < 1.29 is 13.2 Å². The standard InChI is InChI=1S/C19H26N4O5S/c1-4-22-15-10-9-14(29(27,28)21(2)3)11-16(15)23(19(26)18(22)25)12-17(24)20-13-7-5-6-8-13/h9-11,13H,4-8,12H2,1-3H3,(H,20,24). The van der Waals surface area contributed by atoms with Crippen LogP contribution in [0.25, 0.3) is 11.0 Å². The molecule has 1 aliphatic carbocycles. The Morgan fingerprint density at radius 1 is 1.10 bits per heavy atom. The second-order valence-corrected chi connectivity index (χ2v) is 9.58. The van der Waals surface area contributed by atoms with Crippen molar-refractivity contribution in [3.05, 3.63) is 38.9 Å². The highest BCUT2D eigenvalue weighted by atomic mass is 32.2. The summed E-state index contributed by atoms with van der Waals surface area (Å²) in [6.07, 6.45) is 3.88. The molecule has 1 saturated carbocycles. The summed E-state index contributed by atoms with van der Waals surface area (Å²) in [5, 5.41) is 2.90. The molecule has 29 heavy (non-hydrogen) atoms. The highest BCUT2D eigenvalue weighted by molar-refractivity contribution is 7.89. The van der Waals surface area contributed by atoms with Crippen molar-refractivity contribution in [2.45, 2.75) is 56.6 Å². The molecule has 1 N–H and O–H groups in total. The number of aryl methyl sites for hydroxylation is 1. The van der Waals surface area contributed by atoms with Gasteiger partial charge in [0.15, 0.2) is 0 Å². The van der Waals surface area contributed by atoms with Crippen molar-refractivity contribution in [3.8, 4) is 0 Å². The van der Waals surface area contributed by atoms with Crippen LogP contribution in [0.5, 0.6) is 0 Å². The highest BCUT2D eigenvalue weighted by Gasteiger charge is 2.22. The average Bonchev–Trinajstić information content (AvgIpc) is 3.18. The van der Waals surface area contributed by atoms with Gasteiger partial charge in [-0.15, -0.1) is 0 Å². The van der Waals surface area contributed by atoms with Gasteiger partial charge >= 0.3 is 11.1 Å². The molecule has 2 aromatic rings. The number of carbonyl (C=O) groups excluding carboxylic acids is 1. The van der Waals surface area contributed by atoms with Gasteiger partial charge in [0, 0.05) is 26.7 Å². The molecular weight excluding hydrogens is 396 g/mol. The van der Waals surface area contributed by atoms with E-state index in [9.17, 15) is 22.8 Å². The number of hydrogen-bond acceptors (Lipinski definition) is 5. The molecule has 0 radical (unpaired) electrons. The van der Waals surface area contributed by atoms with Gasteiger partial charge in [0.05, 0.1) is 15.9 Å². The van der Waals surface area contributed by atoms with Crippen molar-refractivity contribution in [1.29, 1.82) is 0 Å². The maximum Gasteiger partial charge on any atom is 0.317 e. The predicted octanol–water partition coefficient (Wildman–Crippen LogP) is 0.492. The van der Waals surface area contributed by atoms with Crippen LogP contribution in [-0.2, 0) is 27.9 Å². The number of hydrogen-bond donors (Lipinski definition) is 1. The van der Waals surface area contributed by atoms with Gasteiger partial charge in [0.2, 0.25) is 15.9 Å². The molecule has 1 aromatic carbocycles. The Labute approximate surface area is 169 Å². The van der Waals surface area contributed by atoms with E-state index >= 15 is 0 Å². The lowest BCUT2D eigenvalue weighted by Crippen LogP contribution is -2.44. The summed E-state index contributed by atoms with van der Waals surface area (Å²) < 4.78 is 28.5. The lowest BCUT2D eigenvalue weighted by Gasteiger charge is -2.17. The van der Waals surface area contributed by atoms with Gasteiger partial charge in [-0.2, -0.15) is 0 Å². The van der Waals surface area contributed by atoms with Crippen LogP contribution in [-0.4, -0.2) is 47.9 Å². The zero-order valence-corrected chi connectivity index (χ0v) is 17.7. The predicted molar refractivity (Wildman–Crippen MR) is 109 cm³/mol. The molecule has 0 saturated heterocycles. The number of rotatable bonds is 6. The van der Waals surface area contributed by atoms with Gasteiger partial charge in [-0.25, -0.2) is 12.7 Å². The SMILES string of the molecule is CCn1c(=O)c(=O)n(CC(=O)NC2CCCC2)c2cc(S(=O)(=O)N(C)C)ccc21. The van der Waals surface area contributed by atoms with Crippen molar-refractivity contribution in [2.75, 3.05) is 14.1 Å². The van der Waals surface area contributed by atoms with Gasteiger partial charge in [0.1, 0.15) is 6.54 Å². The van der Waals surface area contributed by atoms with E-state index in [2.05, 4.69) is 5.32 Å². The Morgan fingerprint density at radius 2 is 1.72 bits per heavy atom. The first-order chi connectivity index (χ1) is 13.7. The summed E-state index contributed by atoms with van der Waals surface area (Å²) in [5.41, 5.74) is -0.943. The number of aromatic nitrogens is 2. The summed E-state index contributed by atoms with van der Waals surface area (Å²) in [6, 6.07) is 4.32. The number of nitrogens with one attached hydrogen (secondary N) is 1. The maximum absolute atomic E-state index is 12.7. The van der Waals surface area contributed by atoms with Gasteiger partial charge in [-0.3, -0.25) is 19.0 Å². The molecule has 0 atom stereocenters. The number of sulfonamides is 1. The first kappa shape index (κ1) is 21.3. The van der Waals surface area contributed by atoms with Crippen LogP contribution in [0.1, 0.15) is 32.6 Å². The van der Waals surface area contributed by atoms with Crippen LogP contribution in [0.3, 0.4) is 0 Å². The lowest BCUT2D eigenvalue weighted by atomic mass is 10.2. The Balaban J connectivity index is 2.15. The van der Waals surface area contributed by atoms with Crippen molar-refractivity contribution in [2.24, 2.45) is 0 Å². The van der Waals surface area contributed by atoms with E-state index < -0.39 is 21.1 Å². The van der Waals surface area contributed by atoms with Crippen molar-refractivity contribution >= 4 is 27.0 Å². The van der Waals surface area contributed by atoms with E-state index in [1.54, 1.807) is 6.92 Å². The third kappa shape index (κ3) is 3.99. The van der Waals surface area contributed by atoms with Crippen LogP contribution < -0.4 is 16.4 Å². The minimum atomic E-state index is -3.74. The fourth-order valence-corrected chi connectivity index (χ4v) is 4.65. The summed E-state index contributed by atoms with van der Waals surface area (Å²) in [7, 11) is -0.922. The fourth-order valence-electron chi connectivity index (χ4n) is 3.73. The summed E-state index contributed by atoms with van der Waals surface area (Å²) in [6.45, 7) is 1.64. The fraction of sp³-hybridized carbons (Fsp3) is 0.526. The van der Waals surface area contributed by atoms with E-state index in [1.165, 1.54) is 36.9 Å². The van der Waals surface area contributed by atoms with Crippen molar-refractivity contribution in [1.82, 2.24) is 18.8 Å². The van der Waals surface area contributed by atoms with Crippen LogP contribution in [0.2, 0.25) is 0 Å². The number of nitrogens with zero attached hydrogens (tertiary/aromatic N) is 3. The first-order valence-electron chi connectivity index (χ1n) is 9.66. The number of carbonyl (C=O) groups is 1. The molecular formula is C19H26N4O5S. The van der Waals surface area contributed by atoms with Crippen LogP contribution in [0.15, 0.2) is 32.7 Å². The van der Waals surface area contributed by atoms with E-state index in [-0.39, 0.29) is 35.5 Å². The Morgan fingerprint density at radius 3 is 2.31 bits per heavy atom. The van der Waals surface area contributed by atoms with E-state index in [1.807, 2.05) is 0 Å². The molecule has 1 amide bonds. The van der Waals surface area contributed by atoms with Crippen LogP contribution >= 0.6 is 0 Å². The van der Waals surface area contributed by atoms with Crippen LogP contribution in [0.4, 0.5) is 0 Å². The quantitative estimate of drug-likeness (QED) is 0.682. The molecule has 1 fully saturated rings. The molecule has 1 heterocycles. The number of benzene rings is 1. The maximum atomic E-state index is 12.7. The Kier molecular flexibility index (Phi) is 5.95. The molecule has 158 valence electrons. The van der Waals surface area contributed by atoms with E-state index in [4.69, 9.17) is 0 Å². The second-order valence-electron chi connectivity index (χ2n) is 7.43. The molecule has 0 unspecified atom stereocenters. The van der Waals surface area contributed by atoms with Gasteiger partial charge < -0.3 is 9.88 Å². The largest absolute Gasteiger partial charge is 0.352 e. The second kappa shape index (κ2) is 8.11. The Bertz CT molecular complexity index is 1160. The lowest BCUT2D eigenvalue weighted by molar-refractivity contribution is -0.122. The number of amides is 1. The minimum absolute atomic E-state index is 0.0133. The molecule has 0 spiro atoms. The molecule has 1 aliphatic rings. The highest BCUT2D eigenvalue weighted by Crippen LogP contribution is 2.20. The zero-order valence-electron chi connectivity index (χ0n) is 16.8. The van der Waals surface area contributed by atoms with Gasteiger partial charge in [-0.1, -0.05) is 12.8 Å². The summed E-state index contributed by atoms with van der Waals surface area (Å²) >= 11 is 0. The molecule has 10 heteroatoms. The third-order valence-corrected chi connectivity index (χ3v) is 7.13. The van der Waals surface area contributed by atoms with Crippen molar-refractivity contribution in [3.63, 3.8) is 0 Å². The molecule has 9 nitrogen and oxygen atoms in total. The monoisotopic (exact) mass is 422 g/mol. The summed E-state index contributed by atoms with van der Waals surface area (Å²) in [5.74, 6) is -0.366. The molecule has 0 bridgehead atoms.